The first-order valence-corrected chi connectivity index (χ1v) is 17.5. The standard InChI is InChI=1S/C34H74N4.4BrH.2Cu/c1-8-15-20-21-34(35-30-32(13-6)22-28-37(24-16-9-2)25-17-10-3)36-31-33(14-7)23-29-38(26-18-11-4)27-19-12-5;;;;;;/h32-36H,8-31H2,1-7H3;4*1H;;/q;;;;;2*+2/p-4/i37+2,38+2;;;;;;. The van der Waals surface area contributed by atoms with Crippen LogP contribution in [-0.2, 0) is 34.1 Å². The summed E-state index contributed by atoms with van der Waals surface area (Å²) < 4.78 is 0. The summed E-state index contributed by atoms with van der Waals surface area (Å²) in [5.74, 6) is 1.56. The fourth-order valence-electron chi connectivity index (χ4n) is 5.32. The second kappa shape index (κ2) is 47.9. The number of rotatable bonds is 30. The first-order valence-electron chi connectivity index (χ1n) is 17.5. The third kappa shape index (κ3) is 37.6. The fourth-order valence-corrected chi connectivity index (χ4v) is 5.32. The maximum Gasteiger partial charge on any atom is 2.00 e. The molecule has 280 valence electrons. The van der Waals surface area contributed by atoms with Gasteiger partial charge in [0, 0.05) is 0 Å². The molecule has 10 heteroatoms. The van der Waals surface area contributed by atoms with Crippen molar-refractivity contribution < 1.29 is 102 Å². The van der Waals surface area contributed by atoms with Gasteiger partial charge in [-0.2, -0.15) is 0 Å². The molecule has 0 rings (SSSR count). The quantitative estimate of drug-likeness (QED) is 0.0450. The van der Waals surface area contributed by atoms with E-state index in [1.807, 2.05) is 0 Å². The van der Waals surface area contributed by atoms with Gasteiger partial charge in [-0.3, -0.25) is 0 Å². The molecule has 0 heterocycles. The monoisotopic (exact) mass is 984 g/mol. The molecule has 0 spiro atoms. The molecule has 2 unspecified atom stereocenters. The molecular weight excluding hydrogens is 915 g/mol. The molecular formula is C34H74Br4Cu2N4. The number of nitrogens with one attached hydrogen (secondary N) is 2. The molecule has 2 radical (unpaired) electrons. The Morgan fingerprint density at radius 3 is 1.00 bits per heavy atom. The smallest absolute Gasteiger partial charge is 1.00 e. The summed E-state index contributed by atoms with van der Waals surface area (Å²) in [6.45, 7) is 26.4. The molecule has 0 saturated heterocycles. The van der Waals surface area contributed by atoms with E-state index in [-0.39, 0.29) is 102 Å². The minimum Gasteiger partial charge on any atom is -1.00 e. The SMILES string of the molecule is CCCCCC(NCC(CC)CC[16N](CCCC)CCCC)NCC(CC)CC[16N](CCCC)CCCC.[Br-].[Br-].[Br-].[Br-].[Cu+2].[Cu+2]. The maximum atomic E-state index is 4.00. The second-order valence-corrected chi connectivity index (χ2v) is 12.1. The van der Waals surface area contributed by atoms with E-state index in [1.165, 1.54) is 142 Å². The van der Waals surface area contributed by atoms with E-state index in [0.717, 1.165) is 24.9 Å². The van der Waals surface area contributed by atoms with Crippen molar-refractivity contribution in [3.05, 3.63) is 0 Å². The second-order valence-electron chi connectivity index (χ2n) is 12.1. The van der Waals surface area contributed by atoms with Gasteiger partial charge in [0.1, 0.15) is 0 Å². The van der Waals surface area contributed by atoms with Gasteiger partial charge < -0.3 is 88.4 Å². The van der Waals surface area contributed by atoms with Gasteiger partial charge in [0.25, 0.3) is 0 Å². The Balaban J connectivity index is -0.000000456. The van der Waals surface area contributed by atoms with Crippen LogP contribution in [-0.4, -0.2) is 68.3 Å². The van der Waals surface area contributed by atoms with Crippen molar-refractivity contribution in [2.24, 2.45) is 11.8 Å². The molecule has 2 atom stereocenters. The van der Waals surface area contributed by atoms with E-state index < -0.39 is 0 Å². The third-order valence-electron chi connectivity index (χ3n) is 8.58. The van der Waals surface area contributed by atoms with Gasteiger partial charge in [-0.1, -0.05) is 106 Å². The van der Waals surface area contributed by atoms with Crippen LogP contribution in [0.5, 0.6) is 0 Å². The van der Waals surface area contributed by atoms with Crippen molar-refractivity contribution in [2.45, 2.75) is 157 Å². The van der Waals surface area contributed by atoms with Crippen molar-refractivity contribution in [3.63, 3.8) is 0 Å². The Bertz CT molecular complexity index is 437. The zero-order valence-corrected chi connectivity index (χ0v) is 37.9. The minimum absolute atomic E-state index is 0. The van der Waals surface area contributed by atoms with Crippen LogP contribution < -0.4 is 78.6 Å². The number of nitrogens with zero attached hydrogens (tertiary/aromatic N) is 2. The molecule has 0 aromatic rings. The van der Waals surface area contributed by atoms with Gasteiger partial charge in [-0.25, -0.2) is 0 Å². The summed E-state index contributed by atoms with van der Waals surface area (Å²) in [6.07, 6.45) is 21.6. The van der Waals surface area contributed by atoms with Gasteiger partial charge in [-0.05, 0) is 109 Å². The van der Waals surface area contributed by atoms with E-state index >= 15 is 0 Å². The molecule has 0 amide bonds. The predicted molar refractivity (Wildman–Crippen MR) is 173 cm³/mol. The molecule has 0 saturated carbocycles. The number of unbranched alkanes of at least 4 members (excludes halogenated alkanes) is 6. The molecule has 0 bridgehead atoms. The van der Waals surface area contributed by atoms with E-state index in [0.29, 0.717) is 6.17 Å². The Morgan fingerprint density at radius 2 is 0.727 bits per heavy atom. The van der Waals surface area contributed by atoms with Gasteiger partial charge in [-0.15, -0.1) is 0 Å². The first kappa shape index (κ1) is 62.0. The van der Waals surface area contributed by atoms with E-state index in [1.54, 1.807) is 0 Å². The van der Waals surface area contributed by atoms with Crippen molar-refractivity contribution >= 4 is 0 Å². The van der Waals surface area contributed by atoms with E-state index in [2.05, 4.69) is 68.9 Å². The Kier molecular flexibility index (Phi) is 67.5. The molecule has 4 nitrogen and oxygen atoms in total. The molecule has 0 aliphatic carbocycles. The molecule has 0 aliphatic rings. The van der Waals surface area contributed by atoms with E-state index in [9.17, 15) is 0 Å². The Morgan fingerprint density at radius 1 is 0.409 bits per heavy atom. The van der Waals surface area contributed by atoms with Crippen molar-refractivity contribution in [1.82, 2.24) is 20.4 Å². The maximum absolute atomic E-state index is 4.00. The number of hydrogen-bond acceptors (Lipinski definition) is 4. The predicted octanol–water partition coefficient (Wildman–Crippen LogP) is -3.28. The van der Waals surface area contributed by atoms with Crippen molar-refractivity contribution in [2.75, 3.05) is 52.4 Å². The van der Waals surface area contributed by atoms with Crippen LogP contribution in [0.2, 0.25) is 0 Å². The van der Waals surface area contributed by atoms with Gasteiger partial charge in [0.05, 0.1) is 6.17 Å². The molecule has 2 N–H and O–H groups in total. The summed E-state index contributed by atoms with van der Waals surface area (Å²) in [4.78, 5) is 5.48. The number of halogens is 4. The summed E-state index contributed by atoms with van der Waals surface area (Å²) in [7, 11) is 0. The zero-order valence-electron chi connectivity index (χ0n) is 29.7. The van der Waals surface area contributed by atoms with Crippen LogP contribution in [0.4, 0.5) is 0 Å². The van der Waals surface area contributed by atoms with E-state index in [4.69, 9.17) is 0 Å². The Hall–Kier alpha value is 2.80. The summed E-state index contributed by atoms with van der Waals surface area (Å²) in [5, 5.41) is 8.00. The summed E-state index contributed by atoms with van der Waals surface area (Å²) in [6, 6.07) is 0. The molecule has 0 fully saturated rings. The molecule has 0 aromatic heterocycles. The van der Waals surface area contributed by atoms with Crippen LogP contribution in [0.3, 0.4) is 0 Å². The van der Waals surface area contributed by atoms with Crippen molar-refractivity contribution in [3.8, 4) is 0 Å². The summed E-state index contributed by atoms with van der Waals surface area (Å²) >= 11 is 0. The van der Waals surface area contributed by atoms with Crippen LogP contribution >= 0.6 is 0 Å². The average molecular weight is 990 g/mol. The minimum atomic E-state index is 0. The van der Waals surface area contributed by atoms with Crippen LogP contribution in [0.25, 0.3) is 0 Å². The average Bonchev–Trinajstić information content (AvgIpc) is 2.94. The van der Waals surface area contributed by atoms with Crippen molar-refractivity contribution in [1.29, 1.82) is 0 Å². The topological polar surface area (TPSA) is 30.5 Å². The Labute approximate surface area is 341 Å². The van der Waals surface area contributed by atoms with Gasteiger partial charge in [0.2, 0.25) is 0 Å². The van der Waals surface area contributed by atoms with Crippen LogP contribution in [0.1, 0.15) is 151 Å². The van der Waals surface area contributed by atoms with Gasteiger partial charge >= 0.3 is 34.1 Å². The third-order valence-corrected chi connectivity index (χ3v) is 8.58. The van der Waals surface area contributed by atoms with Gasteiger partial charge in [0.15, 0.2) is 0 Å². The molecule has 44 heavy (non-hydrogen) atoms. The fraction of sp³-hybridized carbons (Fsp3) is 1.00. The van der Waals surface area contributed by atoms with Crippen LogP contribution in [0.15, 0.2) is 0 Å². The number of hydrogen-bond donors (Lipinski definition) is 2. The first-order chi connectivity index (χ1) is 18.6. The normalized spacial score (nSPS) is 12.5. The zero-order chi connectivity index (χ0) is 28.3. The summed E-state index contributed by atoms with van der Waals surface area (Å²) in [5.41, 5.74) is 0. The largest absolute Gasteiger partial charge is 2.00 e. The molecule has 0 aromatic carbocycles. The molecule has 0 aliphatic heterocycles. The van der Waals surface area contributed by atoms with Crippen LogP contribution in [0, 0.1) is 11.8 Å².